The average Bonchev–Trinajstić information content (AvgIpc) is 2.27. The third-order valence-electron chi connectivity index (χ3n) is 2.18. The van der Waals surface area contributed by atoms with Crippen molar-refractivity contribution in [1.29, 1.82) is 0 Å². The van der Waals surface area contributed by atoms with Crippen LogP contribution in [0.15, 0.2) is 18.5 Å². The lowest BCUT2D eigenvalue weighted by atomic mass is 9.95. The summed E-state index contributed by atoms with van der Waals surface area (Å²) in [6, 6.07) is 1.52. The standard InChI is InChI=1S/C11H16N2O3/c1-11(2,7-14)6-13-9-3-8(10(15)16)4-12-5-9/h3-5,13-14H,6-7H2,1-2H3,(H,15,16). The van der Waals surface area contributed by atoms with Crippen molar-refractivity contribution in [2.75, 3.05) is 18.5 Å². The molecule has 3 N–H and O–H groups in total. The van der Waals surface area contributed by atoms with Crippen LogP contribution in [0.25, 0.3) is 0 Å². The first-order valence-electron chi connectivity index (χ1n) is 4.98. The number of aromatic nitrogens is 1. The van der Waals surface area contributed by atoms with Gasteiger partial charge in [-0.25, -0.2) is 4.79 Å². The molecule has 0 aliphatic rings. The highest BCUT2D eigenvalue weighted by Gasteiger charge is 2.16. The van der Waals surface area contributed by atoms with Crippen LogP contribution in [0.5, 0.6) is 0 Å². The van der Waals surface area contributed by atoms with Crippen LogP contribution >= 0.6 is 0 Å². The SMILES string of the molecule is CC(C)(CO)CNc1cncc(C(=O)O)c1. The quantitative estimate of drug-likeness (QED) is 0.700. The smallest absolute Gasteiger partial charge is 0.337 e. The van der Waals surface area contributed by atoms with E-state index in [1.807, 2.05) is 13.8 Å². The number of aliphatic hydroxyl groups excluding tert-OH is 1. The van der Waals surface area contributed by atoms with Crippen molar-refractivity contribution in [2.24, 2.45) is 5.41 Å². The van der Waals surface area contributed by atoms with Crippen LogP contribution in [-0.4, -0.2) is 34.3 Å². The zero-order chi connectivity index (χ0) is 12.2. The maximum Gasteiger partial charge on any atom is 0.337 e. The Morgan fingerprint density at radius 2 is 2.19 bits per heavy atom. The highest BCUT2D eigenvalue weighted by molar-refractivity contribution is 5.88. The number of pyridine rings is 1. The predicted octanol–water partition coefficient (Wildman–Crippen LogP) is 1.21. The Kier molecular flexibility index (Phi) is 3.84. The fourth-order valence-electron chi connectivity index (χ4n) is 1.05. The first kappa shape index (κ1) is 12.4. The molecule has 88 valence electrons. The molecule has 0 unspecified atom stereocenters. The summed E-state index contributed by atoms with van der Waals surface area (Å²) < 4.78 is 0. The summed E-state index contributed by atoms with van der Waals surface area (Å²) >= 11 is 0. The summed E-state index contributed by atoms with van der Waals surface area (Å²) in [5.74, 6) is -1.00. The summed E-state index contributed by atoms with van der Waals surface area (Å²) in [6.07, 6.45) is 2.85. The highest BCUT2D eigenvalue weighted by Crippen LogP contribution is 2.16. The Balaban J connectivity index is 2.68. The van der Waals surface area contributed by atoms with Gasteiger partial charge >= 0.3 is 5.97 Å². The zero-order valence-electron chi connectivity index (χ0n) is 9.40. The van der Waals surface area contributed by atoms with Gasteiger partial charge in [0.05, 0.1) is 11.3 Å². The summed E-state index contributed by atoms with van der Waals surface area (Å²) in [5.41, 5.74) is 0.535. The van der Waals surface area contributed by atoms with Crippen LogP contribution in [-0.2, 0) is 0 Å². The number of carbonyl (C=O) groups is 1. The Morgan fingerprint density at radius 1 is 1.50 bits per heavy atom. The van der Waals surface area contributed by atoms with Crippen molar-refractivity contribution in [3.05, 3.63) is 24.0 Å². The van der Waals surface area contributed by atoms with Crippen molar-refractivity contribution in [2.45, 2.75) is 13.8 Å². The lowest BCUT2D eigenvalue weighted by Gasteiger charge is -2.22. The second-order valence-corrected chi connectivity index (χ2v) is 4.44. The molecule has 0 saturated heterocycles. The molecule has 0 aliphatic carbocycles. The Labute approximate surface area is 94.1 Å². The monoisotopic (exact) mass is 224 g/mol. The maximum absolute atomic E-state index is 10.7. The van der Waals surface area contributed by atoms with E-state index >= 15 is 0 Å². The van der Waals surface area contributed by atoms with Crippen LogP contribution in [0, 0.1) is 5.41 Å². The van der Waals surface area contributed by atoms with E-state index in [1.165, 1.54) is 12.3 Å². The van der Waals surface area contributed by atoms with Crippen molar-refractivity contribution >= 4 is 11.7 Å². The first-order chi connectivity index (χ1) is 7.44. The van der Waals surface area contributed by atoms with Crippen molar-refractivity contribution in [3.8, 4) is 0 Å². The molecule has 0 bridgehead atoms. The average molecular weight is 224 g/mol. The molecule has 1 heterocycles. The van der Waals surface area contributed by atoms with E-state index in [9.17, 15) is 4.79 Å². The maximum atomic E-state index is 10.7. The van der Waals surface area contributed by atoms with Crippen LogP contribution in [0.4, 0.5) is 5.69 Å². The third kappa shape index (κ3) is 3.51. The molecule has 1 aromatic rings. The second-order valence-electron chi connectivity index (χ2n) is 4.44. The number of aliphatic hydroxyl groups is 1. The predicted molar refractivity (Wildman–Crippen MR) is 60.6 cm³/mol. The normalized spacial score (nSPS) is 11.2. The first-order valence-corrected chi connectivity index (χ1v) is 4.98. The van der Waals surface area contributed by atoms with Crippen molar-refractivity contribution in [3.63, 3.8) is 0 Å². The molecule has 16 heavy (non-hydrogen) atoms. The molecule has 0 saturated carbocycles. The molecule has 5 nitrogen and oxygen atoms in total. The van der Waals surface area contributed by atoms with Crippen molar-refractivity contribution in [1.82, 2.24) is 4.98 Å². The topological polar surface area (TPSA) is 82.5 Å². The van der Waals surface area contributed by atoms with E-state index in [2.05, 4.69) is 10.3 Å². The number of aromatic carboxylic acids is 1. The fraction of sp³-hybridized carbons (Fsp3) is 0.455. The van der Waals surface area contributed by atoms with E-state index in [-0.39, 0.29) is 17.6 Å². The summed E-state index contributed by atoms with van der Waals surface area (Å²) in [4.78, 5) is 14.5. The molecule has 0 aliphatic heterocycles. The number of carboxylic acids is 1. The molecule has 0 atom stereocenters. The van der Waals surface area contributed by atoms with E-state index in [1.54, 1.807) is 6.20 Å². The minimum Gasteiger partial charge on any atom is -0.478 e. The van der Waals surface area contributed by atoms with Gasteiger partial charge in [-0.05, 0) is 6.07 Å². The van der Waals surface area contributed by atoms with Gasteiger partial charge in [0.15, 0.2) is 0 Å². The highest BCUT2D eigenvalue weighted by atomic mass is 16.4. The molecule has 0 fully saturated rings. The van der Waals surface area contributed by atoms with Crippen LogP contribution in [0.2, 0.25) is 0 Å². The lowest BCUT2D eigenvalue weighted by Crippen LogP contribution is -2.26. The Morgan fingerprint density at radius 3 is 2.75 bits per heavy atom. The summed E-state index contributed by atoms with van der Waals surface area (Å²) in [6.45, 7) is 4.43. The van der Waals surface area contributed by atoms with Crippen molar-refractivity contribution < 1.29 is 15.0 Å². The molecular formula is C11H16N2O3. The van der Waals surface area contributed by atoms with Gasteiger partial charge in [-0.15, -0.1) is 0 Å². The van der Waals surface area contributed by atoms with Crippen LogP contribution in [0.3, 0.4) is 0 Å². The second kappa shape index (κ2) is 4.94. The molecule has 1 rings (SSSR count). The number of anilines is 1. The molecule has 0 aromatic carbocycles. The van der Waals surface area contributed by atoms with Gasteiger partial charge in [-0.3, -0.25) is 4.98 Å². The zero-order valence-corrected chi connectivity index (χ0v) is 9.40. The number of hydrogen-bond donors (Lipinski definition) is 3. The molecule has 5 heteroatoms. The molecule has 0 spiro atoms. The van der Waals surface area contributed by atoms with Crippen LogP contribution < -0.4 is 5.32 Å². The number of nitrogens with zero attached hydrogens (tertiary/aromatic N) is 1. The van der Waals surface area contributed by atoms with Gasteiger partial charge in [0.2, 0.25) is 0 Å². The van der Waals surface area contributed by atoms with Gasteiger partial charge < -0.3 is 15.5 Å². The van der Waals surface area contributed by atoms with E-state index in [0.717, 1.165) is 0 Å². The van der Waals surface area contributed by atoms with Gasteiger partial charge in [0.25, 0.3) is 0 Å². The summed E-state index contributed by atoms with van der Waals surface area (Å²) in [5, 5.41) is 20.9. The van der Waals surface area contributed by atoms with Gasteiger partial charge in [0.1, 0.15) is 0 Å². The van der Waals surface area contributed by atoms with E-state index in [0.29, 0.717) is 12.2 Å². The fourth-order valence-corrected chi connectivity index (χ4v) is 1.05. The summed E-state index contributed by atoms with van der Waals surface area (Å²) in [7, 11) is 0. The van der Waals surface area contributed by atoms with E-state index < -0.39 is 5.97 Å². The van der Waals surface area contributed by atoms with E-state index in [4.69, 9.17) is 10.2 Å². The molecule has 1 aromatic heterocycles. The largest absolute Gasteiger partial charge is 0.478 e. The molecular weight excluding hydrogens is 208 g/mol. The van der Waals surface area contributed by atoms with Gasteiger partial charge in [-0.2, -0.15) is 0 Å². The molecule has 0 radical (unpaired) electrons. The molecule has 0 amide bonds. The van der Waals surface area contributed by atoms with Gasteiger partial charge in [-0.1, -0.05) is 13.8 Å². The number of rotatable bonds is 5. The number of nitrogens with one attached hydrogen (secondary N) is 1. The van der Waals surface area contributed by atoms with Gasteiger partial charge in [0, 0.05) is 31.0 Å². The minimum absolute atomic E-state index is 0.0616. The number of hydrogen-bond acceptors (Lipinski definition) is 4. The minimum atomic E-state index is -1.00. The van der Waals surface area contributed by atoms with Crippen LogP contribution in [0.1, 0.15) is 24.2 Å². The Bertz CT molecular complexity index is 377. The number of carboxylic acid groups (broad SMARTS) is 1. The lowest BCUT2D eigenvalue weighted by molar-refractivity contribution is 0.0696. The Hall–Kier alpha value is -1.62. The third-order valence-corrected chi connectivity index (χ3v) is 2.18.